The number of nitrogens with zero attached hydrogens (tertiary/aromatic N) is 2. The number of aromatic nitrogens is 2. The van der Waals surface area contributed by atoms with Gasteiger partial charge in [0.15, 0.2) is 11.6 Å². The van der Waals surface area contributed by atoms with Gasteiger partial charge in [-0.2, -0.15) is 5.10 Å². The molecule has 0 amide bonds. The number of benzene rings is 1. The number of aliphatic carboxylic acids is 1. The van der Waals surface area contributed by atoms with Gasteiger partial charge in [-0.25, -0.2) is 4.39 Å². The van der Waals surface area contributed by atoms with Gasteiger partial charge in [0.2, 0.25) is 0 Å². The fourth-order valence-corrected chi connectivity index (χ4v) is 1.79. The molecule has 1 N–H and O–H groups in total. The molecule has 2 aromatic rings. The van der Waals surface area contributed by atoms with Crippen molar-refractivity contribution in [2.75, 3.05) is 7.11 Å². The van der Waals surface area contributed by atoms with Gasteiger partial charge in [0.1, 0.15) is 0 Å². The summed E-state index contributed by atoms with van der Waals surface area (Å²) in [5, 5.41) is 12.9. The third-order valence-corrected chi connectivity index (χ3v) is 2.76. The van der Waals surface area contributed by atoms with E-state index < -0.39 is 11.8 Å². The SMILES string of the molecule is COc1ccc(-c2cc(CC(=O)O)n(C)n2)cc1F. The number of ether oxygens (including phenoxy) is 1. The normalized spacial score (nSPS) is 10.5. The Labute approximate surface area is 109 Å². The highest BCUT2D eigenvalue weighted by atomic mass is 19.1. The fraction of sp³-hybridized carbons (Fsp3) is 0.231. The Morgan fingerprint density at radius 1 is 1.47 bits per heavy atom. The number of methoxy groups -OCH3 is 1. The first-order chi connectivity index (χ1) is 9.01. The Balaban J connectivity index is 2.37. The summed E-state index contributed by atoms with van der Waals surface area (Å²) in [7, 11) is 3.05. The smallest absolute Gasteiger partial charge is 0.309 e. The number of carbonyl (C=O) groups is 1. The lowest BCUT2D eigenvalue weighted by molar-refractivity contribution is -0.136. The van der Waals surface area contributed by atoms with Gasteiger partial charge in [0.05, 0.1) is 19.2 Å². The molecule has 19 heavy (non-hydrogen) atoms. The van der Waals surface area contributed by atoms with Crippen molar-refractivity contribution >= 4 is 5.97 Å². The third-order valence-electron chi connectivity index (χ3n) is 2.76. The van der Waals surface area contributed by atoms with Crippen LogP contribution < -0.4 is 4.74 Å². The summed E-state index contributed by atoms with van der Waals surface area (Å²) in [6, 6.07) is 6.13. The number of carboxylic acid groups (broad SMARTS) is 1. The van der Waals surface area contributed by atoms with E-state index in [9.17, 15) is 9.18 Å². The second-order valence-corrected chi connectivity index (χ2v) is 4.06. The molecular weight excluding hydrogens is 251 g/mol. The van der Waals surface area contributed by atoms with Gasteiger partial charge in [-0.3, -0.25) is 9.48 Å². The van der Waals surface area contributed by atoms with Crippen LogP contribution in [0.25, 0.3) is 11.3 Å². The molecule has 1 aromatic carbocycles. The molecule has 0 fully saturated rings. The number of hydrogen-bond acceptors (Lipinski definition) is 3. The van der Waals surface area contributed by atoms with Crippen LogP contribution in [0.4, 0.5) is 4.39 Å². The van der Waals surface area contributed by atoms with E-state index in [1.54, 1.807) is 19.2 Å². The Morgan fingerprint density at radius 2 is 2.21 bits per heavy atom. The lowest BCUT2D eigenvalue weighted by Crippen LogP contribution is -2.05. The van der Waals surface area contributed by atoms with Crippen LogP contribution in [0.3, 0.4) is 0 Å². The van der Waals surface area contributed by atoms with Crippen molar-refractivity contribution in [3.05, 3.63) is 35.8 Å². The van der Waals surface area contributed by atoms with Crippen LogP contribution in [-0.2, 0) is 18.3 Å². The molecule has 0 unspecified atom stereocenters. The lowest BCUT2D eigenvalue weighted by atomic mass is 10.1. The zero-order chi connectivity index (χ0) is 14.0. The van der Waals surface area contributed by atoms with Crippen LogP contribution in [0, 0.1) is 5.82 Å². The first kappa shape index (κ1) is 13.1. The van der Waals surface area contributed by atoms with Crippen molar-refractivity contribution < 1.29 is 19.0 Å². The first-order valence-corrected chi connectivity index (χ1v) is 5.60. The number of halogens is 1. The molecule has 0 aliphatic carbocycles. The predicted octanol–water partition coefficient (Wildman–Crippen LogP) is 1.86. The molecule has 1 aromatic heterocycles. The predicted molar refractivity (Wildman–Crippen MR) is 66.5 cm³/mol. The van der Waals surface area contributed by atoms with Crippen molar-refractivity contribution in [2.24, 2.45) is 7.05 Å². The fourth-order valence-electron chi connectivity index (χ4n) is 1.79. The van der Waals surface area contributed by atoms with Crippen molar-refractivity contribution in [3.8, 4) is 17.0 Å². The Hall–Kier alpha value is -2.37. The highest BCUT2D eigenvalue weighted by Crippen LogP contribution is 2.25. The second kappa shape index (κ2) is 5.09. The topological polar surface area (TPSA) is 64.3 Å². The standard InChI is InChI=1S/C13H13FN2O3/c1-16-9(7-13(17)18)6-11(15-16)8-3-4-12(19-2)10(14)5-8/h3-6H,7H2,1-2H3,(H,17,18). The summed E-state index contributed by atoms with van der Waals surface area (Å²) < 4.78 is 19.9. The quantitative estimate of drug-likeness (QED) is 0.915. The van der Waals surface area contributed by atoms with Crippen LogP contribution in [0.1, 0.15) is 5.69 Å². The third kappa shape index (κ3) is 2.73. The molecule has 6 heteroatoms. The zero-order valence-corrected chi connectivity index (χ0v) is 10.6. The Morgan fingerprint density at radius 3 is 2.79 bits per heavy atom. The van der Waals surface area contributed by atoms with Crippen LogP contribution >= 0.6 is 0 Å². The van der Waals surface area contributed by atoms with Gasteiger partial charge in [-0.1, -0.05) is 0 Å². The van der Waals surface area contributed by atoms with Crippen LogP contribution in [0.15, 0.2) is 24.3 Å². The maximum absolute atomic E-state index is 13.6. The monoisotopic (exact) mass is 264 g/mol. The summed E-state index contributed by atoms with van der Waals surface area (Å²) >= 11 is 0. The van der Waals surface area contributed by atoms with Crippen molar-refractivity contribution in [1.82, 2.24) is 9.78 Å². The minimum atomic E-state index is -0.935. The molecule has 0 saturated heterocycles. The number of aryl methyl sites for hydroxylation is 1. The van der Waals surface area contributed by atoms with E-state index in [1.165, 1.54) is 23.9 Å². The average Bonchev–Trinajstić information content (AvgIpc) is 2.70. The van der Waals surface area contributed by atoms with Gasteiger partial charge in [-0.15, -0.1) is 0 Å². The molecule has 0 saturated carbocycles. The minimum absolute atomic E-state index is 0.123. The highest BCUT2D eigenvalue weighted by molar-refractivity contribution is 5.71. The van der Waals surface area contributed by atoms with E-state index in [2.05, 4.69) is 5.10 Å². The van der Waals surface area contributed by atoms with Crippen LogP contribution in [0.5, 0.6) is 5.75 Å². The molecule has 0 bridgehead atoms. The molecule has 0 radical (unpaired) electrons. The molecule has 5 nitrogen and oxygen atoms in total. The van der Waals surface area contributed by atoms with Gasteiger partial charge in [0, 0.05) is 18.3 Å². The molecule has 0 spiro atoms. The molecule has 0 atom stereocenters. The van der Waals surface area contributed by atoms with Gasteiger partial charge in [0.25, 0.3) is 0 Å². The Bertz CT molecular complexity index is 622. The van der Waals surface area contributed by atoms with Crippen molar-refractivity contribution in [2.45, 2.75) is 6.42 Å². The average molecular weight is 264 g/mol. The molecule has 1 heterocycles. The highest BCUT2D eigenvalue weighted by Gasteiger charge is 2.12. The van der Waals surface area contributed by atoms with Gasteiger partial charge < -0.3 is 9.84 Å². The number of carboxylic acids is 1. The summed E-state index contributed by atoms with van der Waals surface area (Å²) in [6.45, 7) is 0. The zero-order valence-electron chi connectivity index (χ0n) is 10.6. The molecule has 0 aliphatic heterocycles. The summed E-state index contributed by atoms with van der Waals surface area (Å²) in [5.74, 6) is -1.26. The van der Waals surface area contributed by atoms with E-state index in [-0.39, 0.29) is 12.2 Å². The van der Waals surface area contributed by atoms with Crippen LogP contribution in [0.2, 0.25) is 0 Å². The van der Waals surface area contributed by atoms with Crippen LogP contribution in [-0.4, -0.2) is 28.0 Å². The minimum Gasteiger partial charge on any atom is -0.494 e. The second-order valence-electron chi connectivity index (χ2n) is 4.06. The van der Waals surface area contributed by atoms with Crippen molar-refractivity contribution in [1.29, 1.82) is 0 Å². The summed E-state index contributed by atoms with van der Waals surface area (Å²) in [4.78, 5) is 10.7. The summed E-state index contributed by atoms with van der Waals surface area (Å²) in [6.07, 6.45) is -0.123. The molecule has 2 rings (SSSR count). The summed E-state index contributed by atoms with van der Waals surface area (Å²) in [5.41, 5.74) is 1.66. The van der Waals surface area contributed by atoms with Crippen molar-refractivity contribution in [3.63, 3.8) is 0 Å². The maximum Gasteiger partial charge on any atom is 0.309 e. The number of hydrogen-bond donors (Lipinski definition) is 1. The molecule has 0 aliphatic rings. The van der Waals surface area contributed by atoms with E-state index in [0.717, 1.165) is 0 Å². The number of rotatable bonds is 4. The van der Waals surface area contributed by atoms with E-state index >= 15 is 0 Å². The largest absolute Gasteiger partial charge is 0.494 e. The van der Waals surface area contributed by atoms with Gasteiger partial charge in [-0.05, 0) is 24.3 Å². The van der Waals surface area contributed by atoms with Gasteiger partial charge >= 0.3 is 5.97 Å². The lowest BCUT2D eigenvalue weighted by Gasteiger charge is -2.02. The maximum atomic E-state index is 13.6. The van der Waals surface area contributed by atoms with E-state index in [0.29, 0.717) is 17.0 Å². The molecule has 100 valence electrons. The first-order valence-electron chi connectivity index (χ1n) is 5.60. The van der Waals surface area contributed by atoms with E-state index in [1.807, 2.05) is 0 Å². The van der Waals surface area contributed by atoms with E-state index in [4.69, 9.17) is 9.84 Å². The molecular formula is C13H13FN2O3. The Kier molecular flexibility index (Phi) is 3.50.